The Balaban J connectivity index is 4.29. The van der Waals surface area contributed by atoms with Crippen LogP contribution in [-0.2, 0) is 28.6 Å². The van der Waals surface area contributed by atoms with Gasteiger partial charge in [-0.1, -0.05) is 281 Å². The van der Waals surface area contributed by atoms with Gasteiger partial charge in [0.1, 0.15) is 13.2 Å². The predicted molar refractivity (Wildman–Crippen MR) is 312 cm³/mol. The lowest BCUT2D eigenvalue weighted by molar-refractivity contribution is -0.167. The lowest BCUT2D eigenvalue weighted by Gasteiger charge is -2.18. The molecule has 0 aromatic carbocycles. The van der Waals surface area contributed by atoms with Crippen molar-refractivity contribution in [3.8, 4) is 0 Å². The average Bonchev–Trinajstić information content (AvgIpc) is 3.38. The topological polar surface area (TPSA) is 78.9 Å². The minimum Gasteiger partial charge on any atom is -0.462 e. The van der Waals surface area contributed by atoms with Crippen LogP contribution in [0.2, 0.25) is 0 Å². The molecule has 0 spiro atoms. The standard InChI is InChI=1S/C66H118O6/c1-4-7-10-13-16-19-22-25-28-29-30-31-32-33-34-35-36-37-39-41-44-47-50-53-56-59-65(68)71-62-63(61-70-64(67)58-55-52-49-46-43-40-27-24-21-18-15-12-9-6-3)72-66(69)60-57-54-51-48-45-42-38-26-23-20-17-14-11-8-5-2/h8,11,17,20,26,29-30,38,45,48,63H,4-7,9-10,12-16,18-19,21-25,27-28,31-37,39-44,46-47,49-62H2,1-3H3/b11-8-,20-17-,30-29-,38-26-,48-45-. The van der Waals surface area contributed by atoms with E-state index in [2.05, 4.69) is 81.5 Å². The Morgan fingerprint density at radius 3 is 0.889 bits per heavy atom. The average molecular weight is 1010 g/mol. The quantitative estimate of drug-likeness (QED) is 0.0261. The van der Waals surface area contributed by atoms with Crippen molar-refractivity contribution < 1.29 is 28.6 Å². The summed E-state index contributed by atoms with van der Waals surface area (Å²) in [5.41, 5.74) is 0. The van der Waals surface area contributed by atoms with E-state index in [1.54, 1.807) is 0 Å². The van der Waals surface area contributed by atoms with Crippen molar-refractivity contribution in [1.29, 1.82) is 0 Å². The molecule has 0 amide bonds. The van der Waals surface area contributed by atoms with E-state index in [-0.39, 0.29) is 37.5 Å². The Bertz CT molecular complexity index is 1290. The Morgan fingerprint density at radius 2 is 0.542 bits per heavy atom. The fourth-order valence-electron chi connectivity index (χ4n) is 9.08. The van der Waals surface area contributed by atoms with Crippen molar-refractivity contribution in [3.63, 3.8) is 0 Å². The first-order chi connectivity index (χ1) is 35.5. The van der Waals surface area contributed by atoms with Crippen LogP contribution in [0.3, 0.4) is 0 Å². The SMILES string of the molecule is CC/C=C\C/C=C\C/C=C\C/C=C\CCCCC(=O)OC(COC(=O)CCCCCCCCCCCCCCCC)COC(=O)CCCCCCCCCCCCCCC/C=C\CCCCCCCCCC. The first kappa shape index (κ1) is 69.1. The van der Waals surface area contributed by atoms with Crippen molar-refractivity contribution in [2.45, 2.75) is 329 Å². The fourth-order valence-corrected chi connectivity index (χ4v) is 9.08. The van der Waals surface area contributed by atoms with E-state index in [0.717, 1.165) is 77.0 Å². The highest BCUT2D eigenvalue weighted by Crippen LogP contribution is 2.17. The van der Waals surface area contributed by atoms with E-state index in [1.807, 2.05) is 0 Å². The number of unbranched alkanes of at least 4 members (excludes halogenated alkanes) is 36. The number of allylic oxidation sites excluding steroid dienone is 10. The molecule has 0 saturated carbocycles. The molecular formula is C66H118O6. The third-order valence-corrected chi connectivity index (χ3v) is 13.8. The van der Waals surface area contributed by atoms with Crippen LogP contribution >= 0.6 is 0 Å². The van der Waals surface area contributed by atoms with E-state index < -0.39 is 6.10 Å². The Kier molecular flexibility index (Phi) is 58.2. The van der Waals surface area contributed by atoms with Gasteiger partial charge in [-0.15, -0.1) is 0 Å². The van der Waals surface area contributed by atoms with Gasteiger partial charge in [-0.3, -0.25) is 14.4 Å². The first-order valence-corrected chi connectivity index (χ1v) is 31.3. The van der Waals surface area contributed by atoms with Crippen LogP contribution in [0.5, 0.6) is 0 Å². The summed E-state index contributed by atoms with van der Waals surface area (Å²) >= 11 is 0. The van der Waals surface area contributed by atoms with E-state index in [1.165, 1.54) is 199 Å². The predicted octanol–water partition coefficient (Wildman–Crippen LogP) is 21.2. The monoisotopic (exact) mass is 1010 g/mol. The number of carbonyl (C=O) groups is 3. The molecule has 0 rings (SSSR count). The molecule has 1 unspecified atom stereocenters. The summed E-state index contributed by atoms with van der Waals surface area (Å²) in [5, 5.41) is 0. The lowest BCUT2D eigenvalue weighted by atomic mass is 10.0. The van der Waals surface area contributed by atoms with Crippen molar-refractivity contribution in [1.82, 2.24) is 0 Å². The molecule has 1 atom stereocenters. The number of esters is 3. The minimum atomic E-state index is -0.794. The number of ether oxygens (including phenoxy) is 3. The van der Waals surface area contributed by atoms with Gasteiger partial charge in [0.15, 0.2) is 6.10 Å². The molecule has 0 bridgehead atoms. The molecule has 418 valence electrons. The molecule has 72 heavy (non-hydrogen) atoms. The van der Waals surface area contributed by atoms with Gasteiger partial charge in [0.05, 0.1) is 0 Å². The summed E-state index contributed by atoms with van der Waals surface area (Å²) in [4.78, 5) is 38.2. The molecule has 0 aromatic heterocycles. The van der Waals surface area contributed by atoms with Gasteiger partial charge in [-0.2, -0.15) is 0 Å². The Hall–Kier alpha value is -2.89. The van der Waals surface area contributed by atoms with Crippen molar-refractivity contribution in [2.75, 3.05) is 13.2 Å². The van der Waals surface area contributed by atoms with Crippen LogP contribution in [0.4, 0.5) is 0 Å². The summed E-state index contributed by atoms with van der Waals surface area (Å²) in [5.74, 6) is -0.914. The molecule has 0 aliphatic carbocycles. The zero-order valence-electron chi connectivity index (χ0n) is 47.9. The van der Waals surface area contributed by atoms with E-state index in [0.29, 0.717) is 19.3 Å². The molecule has 0 radical (unpaired) electrons. The van der Waals surface area contributed by atoms with Gasteiger partial charge in [0, 0.05) is 19.3 Å². The minimum absolute atomic E-state index is 0.0876. The fraction of sp³-hybridized carbons (Fsp3) is 0.803. The highest BCUT2D eigenvalue weighted by molar-refractivity contribution is 5.71. The second kappa shape index (κ2) is 60.7. The lowest BCUT2D eigenvalue weighted by Crippen LogP contribution is -2.30. The van der Waals surface area contributed by atoms with Gasteiger partial charge >= 0.3 is 17.9 Å². The second-order valence-electron chi connectivity index (χ2n) is 20.9. The number of hydrogen-bond acceptors (Lipinski definition) is 6. The smallest absolute Gasteiger partial charge is 0.306 e. The van der Waals surface area contributed by atoms with E-state index in [9.17, 15) is 14.4 Å². The Labute approximate surface area is 447 Å². The van der Waals surface area contributed by atoms with Crippen LogP contribution < -0.4 is 0 Å². The van der Waals surface area contributed by atoms with Crippen LogP contribution in [0.15, 0.2) is 60.8 Å². The van der Waals surface area contributed by atoms with Gasteiger partial charge < -0.3 is 14.2 Å². The molecule has 0 aliphatic heterocycles. The first-order valence-electron chi connectivity index (χ1n) is 31.3. The maximum atomic E-state index is 12.8. The normalized spacial score (nSPS) is 12.4. The van der Waals surface area contributed by atoms with E-state index in [4.69, 9.17) is 14.2 Å². The highest BCUT2D eigenvalue weighted by atomic mass is 16.6. The third kappa shape index (κ3) is 58.0. The number of hydrogen-bond donors (Lipinski definition) is 0. The molecule has 0 aliphatic rings. The zero-order chi connectivity index (χ0) is 52.2. The molecule has 6 nitrogen and oxygen atoms in total. The van der Waals surface area contributed by atoms with Crippen LogP contribution in [0.1, 0.15) is 323 Å². The summed E-state index contributed by atoms with van der Waals surface area (Å²) < 4.78 is 16.9. The van der Waals surface area contributed by atoms with Crippen molar-refractivity contribution >= 4 is 17.9 Å². The third-order valence-electron chi connectivity index (χ3n) is 13.8. The van der Waals surface area contributed by atoms with Gasteiger partial charge in [0.2, 0.25) is 0 Å². The van der Waals surface area contributed by atoms with Gasteiger partial charge in [-0.25, -0.2) is 0 Å². The molecule has 6 heteroatoms. The number of carbonyl (C=O) groups excluding carboxylic acids is 3. The summed E-state index contributed by atoms with van der Waals surface area (Å²) in [6, 6.07) is 0. The van der Waals surface area contributed by atoms with Crippen molar-refractivity contribution in [3.05, 3.63) is 60.8 Å². The molecule has 0 aromatic rings. The van der Waals surface area contributed by atoms with Crippen LogP contribution in [-0.4, -0.2) is 37.2 Å². The molecular weight excluding hydrogens is 889 g/mol. The van der Waals surface area contributed by atoms with Crippen LogP contribution in [0.25, 0.3) is 0 Å². The van der Waals surface area contributed by atoms with Gasteiger partial charge in [-0.05, 0) is 83.5 Å². The summed E-state index contributed by atoms with van der Waals surface area (Å²) in [6.45, 7) is 6.53. The molecule has 0 heterocycles. The maximum absolute atomic E-state index is 12.8. The van der Waals surface area contributed by atoms with Crippen LogP contribution in [0, 0.1) is 0 Å². The molecule has 0 fully saturated rings. The van der Waals surface area contributed by atoms with E-state index >= 15 is 0 Å². The Morgan fingerprint density at radius 1 is 0.292 bits per heavy atom. The highest BCUT2D eigenvalue weighted by Gasteiger charge is 2.19. The largest absolute Gasteiger partial charge is 0.462 e. The molecule has 0 N–H and O–H groups in total. The molecule has 0 saturated heterocycles. The van der Waals surface area contributed by atoms with Gasteiger partial charge in [0.25, 0.3) is 0 Å². The second-order valence-corrected chi connectivity index (χ2v) is 20.9. The zero-order valence-corrected chi connectivity index (χ0v) is 47.9. The maximum Gasteiger partial charge on any atom is 0.306 e. The summed E-state index contributed by atoms with van der Waals surface area (Å²) in [6.07, 6.45) is 76.6. The summed E-state index contributed by atoms with van der Waals surface area (Å²) in [7, 11) is 0. The van der Waals surface area contributed by atoms with Crippen molar-refractivity contribution in [2.24, 2.45) is 0 Å². The number of rotatable bonds is 57.